The molecule has 2 atom stereocenters. The number of hydrogen-bond acceptors (Lipinski definition) is 8. The molecule has 0 aromatic heterocycles. The first-order valence-electron chi connectivity index (χ1n) is 6.38. The van der Waals surface area contributed by atoms with Crippen LogP contribution in [-0.2, 0) is 33.4 Å². The molecular weight excluding hydrogens is 314 g/mol. The molecule has 4 N–H and O–H groups in total. The lowest BCUT2D eigenvalue weighted by Gasteiger charge is -2.12. The Hall–Kier alpha value is -2.75. The van der Waals surface area contributed by atoms with Crippen LogP contribution < -0.4 is 5.73 Å². The molecular formula is C13H17NO9. The van der Waals surface area contributed by atoms with Crippen LogP contribution in [0.15, 0.2) is 12.2 Å². The molecule has 1 unspecified atom stereocenters. The Bertz CT molecular complexity index is 526. The van der Waals surface area contributed by atoms with E-state index in [1.54, 1.807) is 0 Å². The van der Waals surface area contributed by atoms with E-state index < -0.39 is 54.8 Å². The van der Waals surface area contributed by atoms with Crippen molar-refractivity contribution in [1.29, 1.82) is 0 Å². The van der Waals surface area contributed by atoms with Crippen molar-refractivity contribution in [3.8, 4) is 0 Å². The number of rotatable bonds is 9. The Labute approximate surface area is 130 Å². The lowest BCUT2D eigenvalue weighted by Crippen LogP contribution is -2.32. The van der Waals surface area contributed by atoms with Crippen molar-refractivity contribution in [3.63, 3.8) is 0 Å². The SMILES string of the molecule is C=C(CC(=O)O)C(=O)OC(C)C(=O)OC(=O)CC[C@H](N)C(=O)O. The van der Waals surface area contributed by atoms with E-state index in [9.17, 15) is 24.0 Å². The normalized spacial score (nSPS) is 12.6. The second-order valence-electron chi connectivity index (χ2n) is 4.50. The number of carbonyl (C=O) groups excluding carboxylic acids is 3. The van der Waals surface area contributed by atoms with Crippen LogP contribution in [0.5, 0.6) is 0 Å². The number of carboxylic acid groups (broad SMARTS) is 2. The molecule has 0 heterocycles. The van der Waals surface area contributed by atoms with E-state index in [1.807, 2.05) is 0 Å². The highest BCUT2D eigenvalue weighted by molar-refractivity contribution is 5.95. The molecule has 0 aliphatic heterocycles. The second kappa shape index (κ2) is 9.30. The van der Waals surface area contributed by atoms with Crippen molar-refractivity contribution in [3.05, 3.63) is 12.2 Å². The zero-order valence-electron chi connectivity index (χ0n) is 12.3. The Morgan fingerprint density at radius 1 is 1.17 bits per heavy atom. The van der Waals surface area contributed by atoms with Crippen LogP contribution >= 0.6 is 0 Å². The number of hydrogen-bond donors (Lipinski definition) is 3. The Kier molecular flexibility index (Phi) is 8.19. The number of carbonyl (C=O) groups is 5. The molecule has 0 rings (SSSR count). The van der Waals surface area contributed by atoms with E-state index in [4.69, 9.17) is 15.9 Å². The quantitative estimate of drug-likeness (QED) is 0.276. The van der Waals surface area contributed by atoms with Gasteiger partial charge in [-0.05, 0) is 13.3 Å². The molecule has 0 radical (unpaired) electrons. The first kappa shape index (κ1) is 20.2. The third kappa shape index (κ3) is 8.31. The van der Waals surface area contributed by atoms with Gasteiger partial charge in [-0.1, -0.05) is 6.58 Å². The maximum atomic E-state index is 11.5. The summed E-state index contributed by atoms with van der Waals surface area (Å²) in [6, 6.07) is -1.27. The van der Waals surface area contributed by atoms with Gasteiger partial charge in [0.1, 0.15) is 6.04 Å². The van der Waals surface area contributed by atoms with Crippen molar-refractivity contribution in [1.82, 2.24) is 0 Å². The lowest BCUT2D eigenvalue weighted by atomic mass is 10.2. The molecule has 0 aromatic rings. The zero-order valence-corrected chi connectivity index (χ0v) is 12.3. The van der Waals surface area contributed by atoms with Gasteiger partial charge in [0.15, 0.2) is 6.10 Å². The topological polar surface area (TPSA) is 170 Å². The highest BCUT2D eigenvalue weighted by atomic mass is 16.6. The fourth-order valence-electron chi connectivity index (χ4n) is 1.19. The summed E-state index contributed by atoms with van der Waals surface area (Å²) in [5, 5.41) is 17.0. The molecule has 0 fully saturated rings. The molecule has 10 heteroatoms. The Balaban J connectivity index is 4.31. The van der Waals surface area contributed by atoms with E-state index in [0.717, 1.165) is 6.92 Å². The molecule has 0 aliphatic rings. The van der Waals surface area contributed by atoms with Crippen LogP contribution in [0.3, 0.4) is 0 Å². The summed E-state index contributed by atoms with van der Waals surface area (Å²) >= 11 is 0. The summed E-state index contributed by atoms with van der Waals surface area (Å²) in [5.74, 6) is -5.93. The number of esters is 3. The summed E-state index contributed by atoms with van der Waals surface area (Å²) in [7, 11) is 0. The van der Waals surface area contributed by atoms with Crippen LogP contribution in [0.2, 0.25) is 0 Å². The highest BCUT2D eigenvalue weighted by Crippen LogP contribution is 2.06. The minimum Gasteiger partial charge on any atom is -0.481 e. The van der Waals surface area contributed by atoms with Gasteiger partial charge in [0.05, 0.1) is 6.42 Å². The predicted molar refractivity (Wildman–Crippen MR) is 72.9 cm³/mol. The van der Waals surface area contributed by atoms with Crippen LogP contribution in [0.25, 0.3) is 0 Å². The largest absolute Gasteiger partial charge is 0.481 e. The van der Waals surface area contributed by atoms with Gasteiger partial charge in [0, 0.05) is 12.0 Å². The first-order valence-corrected chi connectivity index (χ1v) is 6.38. The molecule has 0 saturated heterocycles. The van der Waals surface area contributed by atoms with Crippen molar-refractivity contribution in [2.24, 2.45) is 5.73 Å². The Morgan fingerprint density at radius 2 is 1.74 bits per heavy atom. The van der Waals surface area contributed by atoms with E-state index in [-0.39, 0.29) is 12.0 Å². The molecule has 0 aliphatic carbocycles. The molecule has 128 valence electrons. The van der Waals surface area contributed by atoms with Gasteiger partial charge in [0.2, 0.25) is 0 Å². The van der Waals surface area contributed by atoms with Gasteiger partial charge in [-0.25, -0.2) is 9.59 Å². The van der Waals surface area contributed by atoms with E-state index in [2.05, 4.69) is 16.1 Å². The third-order valence-corrected chi connectivity index (χ3v) is 2.46. The lowest BCUT2D eigenvalue weighted by molar-refractivity contribution is -0.171. The average molecular weight is 331 g/mol. The van der Waals surface area contributed by atoms with Crippen molar-refractivity contribution in [2.75, 3.05) is 0 Å². The Morgan fingerprint density at radius 3 is 2.22 bits per heavy atom. The maximum absolute atomic E-state index is 11.5. The van der Waals surface area contributed by atoms with Crippen LogP contribution in [0, 0.1) is 0 Å². The summed E-state index contributed by atoms with van der Waals surface area (Å²) < 4.78 is 8.95. The molecule has 10 nitrogen and oxygen atoms in total. The predicted octanol–water partition coefficient (Wildman–Crippen LogP) is -0.789. The van der Waals surface area contributed by atoms with Gasteiger partial charge in [0.25, 0.3) is 0 Å². The molecule has 0 spiro atoms. The van der Waals surface area contributed by atoms with E-state index in [1.165, 1.54) is 0 Å². The second-order valence-corrected chi connectivity index (χ2v) is 4.50. The van der Waals surface area contributed by atoms with Crippen molar-refractivity contribution in [2.45, 2.75) is 38.3 Å². The first-order chi connectivity index (χ1) is 10.5. The van der Waals surface area contributed by atoms with E-state index in [0.29, 0.717) is 0 Å². The summed E-state index contributed by atoms with van der Waals surface area (Å²) in [6.07, 6.45) is -2.77. The van der Waals surface area contributed by atoms with Crippen molar-refractivity contribution < 1.29 is 43.7 Å². The van der Waals surface area contributed by atoms with Gasteiger partial charge < -0.3 is 25.4 Å². The zero-order chi connectivity index (χ0) is 18.2. The maximum Gasteiger partial charge on any atom is 0.354 e. The van der Waals surface area contributed by atoms with Crippen molar-refractivity contribution >= 4 is 29.8 Å². The average Bonchev–Trinajstić information content (AvgIpc) is 2.43. The van der Waals surface area contributed by atoms with E-state index >= 15 is 0 Å². The minimum absolute atomic E-state index is 0.231. The summed E-state index contributed by atoms with van der Waals surface area (Å²) in [4.78, 5) is 55.1. The number of aliphatic carboxylic acids is 2. The third-order valence-electron chi connectivity index (χ3n) is 2.46. The monoisotopic (exact) mass is 331 g/mol. The minimum atomic E-state index is -1.47. The summed E-state index contributed by atoms with van der Waals surface area (Å²) in [6.45, 7) is 4.31. The summed E-state index contributed by atoms with van der Waals surface area (Å²) in [5.41, 5.74) is 4.80. The van der Waals surface area contributed by atoms with Gasteiger partial charge in [-0.15, -0.1) is 0 Å². The fraction of sp³-hybridized carbons (Fsp3) is 0.462. The van der Waals surface area contributed by atoms with Crippen LogP contribution in [0.4, 0.5) is 0 Å². The highest BCUT2D eigenvalue weighted by Gasteiger charge is 2.24. The van der Waals surface area contributed by atoms with Crippen LogP contribution in [-0.4, -0.2) is 52.2 Å². The number of carboxylic acids is 2. The molecule has 0 bridgehead atoms. The standard InChI is InChI=1S/C13H17NO9/c1-6(5-9(15)16)12(20)22-7(2)13(21)23-10(17)4-3-8(14)11(18)19/h7-8H,1,3-5,14H2,2H3,(H,15,16)(H,18,19)/t7?,8-/m0/s1. The van der Waals surface area contributed by atoms with Gasteiger partial charge in [-0.3, -0.25) is 14.4 Å². The van der Waals surface area contributed by atoms with Gasteiger partial charge >= 0.3 is 29.8 Å². The molecule has 0 aromatic carbocycles. The van der Waals surface area contributed by atoms with Crippen LogP contribution in [0.1, 0.15) is 26.2 Å². The molecule has 0 amide bonds. The molecule has 0 saturated carbocycles. The molecule has 23 heavy (non-hydrogen) atoms. The fourth-order valence-corrected chi connectivity index (χ4v) is 1.19. The smallest absolute Gasteiger partial charge is 0.354 e. The van der Waals surface area contributed by atoms with Gasteiger partial charge in [-0.2, -0.15) is 0 Å². The number of nitrogens with two attached hydrogens (primary N) is 1. The number of ether oxygens (including phenoxy) is 2.